The van der Waals surface area contributed by atoms with Gasteiger partial charge in [0.05, 0.1) is 18.1 Å². The van der Waals surface area contributed by atoms with Gasteiger partial charge in [-0.1, -0.05) is 32.9 Å². The molecule has 0 fully saturated rings. The van der Waals surface area contributed by atoms with Gasteiger partial charge in [-0.15, -0.1) is 0 Å². The molecule has 0 aliphatic rings. The van der Waals surface area contributed by atoms with Crippen LogP contribution in [-0.4, -0.2) is 9.97 Å². The van der Waals surface area contributed by atoms with Gasteiger partial charge >= 0.3 is 0 Å². The zero-order chi connectivity index (χ0) is 14.8. The topological polar surface area (TPSA) is 61.0 Å². The largest absolute Gasteiger partial charge is 0.487 e. The number of aromatic nitrogens is 2. The summed E-state index contributed by atoms with van der Waals surface area (Å²) in [4.78, 5) is 8.21. The van der Waals surface area contributed by atoms with Crippen molar-refractivity contribution in [2.45, 2.75) is 39.7 Å². The van der Waals surface area contributed by atoms with E-state index in [1.54, 1.807) is 12.4 Å². The lowest BCUT2D eigenvalue weighted by Gasteiger charge is -2.23. The van der Waals surface area contributed by atoms with Crippen molar-refractivity contribution in [2.75, 3.05) is 5.73 Å². The standard InChI is InChI=1S/C16H21N3O/c1-11-5-6-13(16(2,3)4)14(7-11)20-10-12-8-19-15(17)9-18-12/h5-9H,10H2,1-4H3,(H2,17,19). The summed E-state index contributed by atoms with van der Waals surface area (Å²) in [7, 11) is 0. The molecule has 2 rings (SSSR count). The molecule has 4 heteroatoms. The zero-order valence-corrected chi connectivity index (χ0v) is 12.5. The van der Waals surface area contributed by atoms with Gasteiger partial charge in [0.1, 0.15) is 18.2 Å². The van der Waals surface area contributed by atoms with Crippen molar-refractivity contribution >= 4 is 5.82 Å². The van der Waals surface area contributed by atoms with Gasteiger partial charge in [0, 0.05) is 0 Å². The van der Waals surface area contributed by atoms with E-state index in [-0.39, 0.29) is 5.41 Å². The maximum absolute atomic E-state index is 5.93. The van der Waals surface area contributed by atoms with E-state index in [0.29, 0.717) is 12.4 Å². The molecule has 0 aliphatic carbocycles. The smallest absolute Gasteiger partial charge is 0.141 e. The van der Waals surface area contributed by atoms with Crippen molar-refractivity contribution in [3.05, 3.63) is 47.4 Å². The first kappa shape index (κ1) is 14.3. The highest BCUT2D eigenvalue weighted by Gasteiger charge is 2.19. The molecule has 4 nitrogen and oxygen atoms in total. The molecule has 0 amide bonds. The monoisotopic (exact) mass is 271 g/mol. The Morgan fingerprint density at radius 3 is 2.50 bits per heavy atom. The molecule has 2 aromatic rings. The second-order valence-electron chi connectivity index (χ2n) is 5.97. The van der Waals surface area contributed by atoms with Gasteiger partial charge in [0.2, 0.25) is 0 Å². The van der Waals surface area contributed by atoms with Crippen molar-refractivity contribution < 1.29 is 4.74 Å². The highest BCUT2D eigenvalue weighted by atomic mass is 16.5. The molecule has 0 atom stereocenters. The average Bonchev–Trinajstić information content (AvgIpc) is 2.36. The number of hydrogen-bond donors (Lipinski definition) is 1. The van der Waals surface area contributed by atoms with Gasteiger partial charge in [0.25, 0.3) is 0 Å². The van der Waals surface area contributed by atoms with Crippen LogP contribution in [0, 0.1) is 6.92 Å². The Morgan fingerprint density at radius 2 is 1.90 bits per heavy atom. The van der Waals surface area contributed by atoms with E-state index >= 15 is 0 Å². The van der Waals surface area contributed by atoms with Gasteiger partial charge in [0.15, 0.2) is 0 Å². The Morgan fingerprint density at radius 1 is 1.15 bits per heavy atom. The van der Waals surface area contributed by atoms with Crippen LogP contribution in [0.15, 0.2) is 30.6 Å². The maximum Gasteiger partial charge on any atom is 0.141 e. The molecule has 0 saturated carbocycles. The number of rotatable bonds is 3. The lowest BCUT2D eigenvalue weighted by Crippen LogP contribution is -2.14. The molecule has 1 aromatic heterocycles. The molecule has 0 radical (unpaired) electrons. The summed E-state index contributed by atoms with van der Waals surface area (Å²) < 4.78 is 5.93. The predicted molar refractivity (Wildman–Crippen MR) is 80.7 cm³/mol. The second-order valence-corrected chi connectivity index (χ2v) is 5.97. The SMILES string of the molecule is Cc1ccc(C(C)(C)C)c(OCc2cnc(N)cn2)c1. The number of benzene rings is 1. The Labute approximate surface area is 120 Å². The Balaban J connectivity index is 2.20. The summed E-state index contributed by atoms with van der Waals surface area (Å²) in [6, 6.07) is 6.29. The number of nitrogens with zero attached hydrogens (tertiary/aromatic N) is 2. The first-order valence-corrected chi connectivity index (χ1v) is 6.66. The van der Waals surface area contributed by atoms with Gasteiger partial charge < -0.3 is 10.5 Å². The molecular formula is C16H21N3O. The number of ether oxygens (including phenoxy) is 1. The number of nitrogens with two attached hydrogens (primary N) is 1. The quantitative estimate of drug-likeness (QED) is 0.931. The van der Waals surface area contributed by atoms with Crippen molar-refractivity contribution in [2.24, 2.45) is 0 Å². The van der Waals surface area contributed by atoms with Gasteiger partial charge in [-0.3, -0.25) is 4.98 Å². The molecule has 0 bridgehead atoms. The minimum atomic E-state index is 0.0375. The highest BCUT2D eigenvalue weighted by molar-refractivity contribution is 5.41. The van der Waals surface area contributed by atoms with Gasteiger partial charge in [-0.25, -0.2) is 4.98 Å². The van der Waals surface area contributed by atoms with Crippen molar-refractivity contribution in [1.29, 1.82) is 0 Å². The third kappa shape index (κ3) is 3.47. The molecular weight excluding hydrogens is 250 g/mol. The Kier molecular flexibility index (Phi) is 3.93. The Bertz CT molecular complexity index is 586. The third-order valence-corrected chi connectivity index (χ3v) is 3.05. The molecule has 1 heterocycles. The fraction of sp³-hybridized carbons (Fsp3) is 0.375. The van der Waals surface area contributed by atoms with Gasteiger partial charge in [-0.2, -0.15) is 0 Å². The summed E-state index contributed by atoms with van der Waals surface area (Å²) in [5.74, 6) is 1.32. The van der Waals surface area contributed by atoms with E-state index in [9.17, 15) is 0 Å². The fourth-order valence-corrected chi connectivity index (χ4v) is 1.96. The van der Waals surface area contributed by atoms with Crippen LogP contribution in [-0.2, 0) is 12.0 Å². The molecule has 0 aliphatic heterocycles. The number of hydrogen-bond acceptors (Lipinski definition) is 4. The van der Waals surface area contributed by atoms with Crippen LogP contribution in [0.2, 0.25) is 0 Å². The van der Waals surface area contributed by atoms with Crippen LogP contribution in [0.5, 0.6) is 5.75 Å². The van der Waals surface area contributed by atoms with Crippen molar-refractivity contribution in [1.82, 2.24) is 9.97 Å². The molecule has 106 valence electrons. The minimum absolute atomic E-state index is 0.0375. The lowest BCUT2D eigenvalue weighted by atomic mass is 9.86. The maximum atomic E-state index is 5.93. The average molecular weight is 271 g/mol. The van der Waals surface area contributed by atoms with Crippen LogP contribution < -0.4 is 10.5 Å². The molecule has 0 unspecified atom stereocenters. The van der Waals surface area contributed by atoms with Gasteiger partial charge in [-0.05, 0) is 29.5 Å². The number of anilines is 1. The number of aryl methyl sites for hydroxylation is 1. The zero-order valence-electron chi connectivity index (χ0n) is 12.5. The summed E-state index contributed by atoms with van der Waals surface area (Å²) in [5.41, 5.74) is 8.69. The van der Waals surface area contributed by atoms with E-state index in [1.165, 1.54) is 11.1 Å². The van der Waals surface area contributed by atoms with Crippen LogP contribution in [0.4, 0.5) is 5.82 Å². The van der Waals surface area contributed by atoms with Crippen LogP contribution >= 0.6 is 0 Å². The molecule has 2 N–H and O–H groups in total. The van der Waals surface area contributed by atoms with E-state index < -0.39 is 0 Å². The summed E-state index contributed by atoms with van der Waals surface area (Å²) >= 11 is 0. The summed E-state index contributed by atoms with van der Waals surface area (Å²) in [6.07, 6.45) is 3.18. The second kappa shape index (κ2) is 5.49. The molecule has 0 saturated heterocycles. The van der Waals surface area contributed by atoms with Crippen LogP contribution in [0.3, 0.4) is 0 Å². The van der Waals surface area contributed by atoms with E-state index in [4.69, 9.17) is 10.5 Å². The predicted octanol–water partition coefficient (Wildman–Crippen LogP) is 3.24. The Hall–Kier alpha value is -2.10. The van der Waals surface area contributed by atoms with Crippen molar-refractivity contribution in [3.63, 3.8) is 0 Å². The molecule has 1 aromatic carbocycles. The lowest BCUT2D eigenvalue weighted by molar-refractivity contribution is 0.292. The summed E-state index contributed by atoms with van der Waals surface area (Å²) in [5, 5.41) is 0. The first-order chi connectivity index (χ1) is 9.36. The molecule has 20 heavy (non-hydrogen) atoms. The normalized spacial score (nSPS) is 11.4. The highest BCUT2D eigenvalue weighted by Crippen LogP contribution is 2.32. The van der Waals surface area contributed by atoms with Crippen LogP contribution in [0.25, 0.3) is 0 Å². The summed E-state index contributed by atoms with van der Waals surface area (Å²) in [6.45, 7) is 8.97. The fourth-order valence-electron chi connectivity index (χ4n) is 1.96. The van der Waals surface area contributed by atoms with E-state index in [2.05, 4.69) is 55.9 Å². The molecule has 0 spiro atoms. The van der Waals surface area contributed by atoms with E-state index in [0.717, 1.165) is 11.4 Å². The van der Waals surface area contributed by atoms with Crippen molar-refractivity contribution in [3.8, 4) is 5.75 Å². The third-order valence-electron chi connectivity index (χ3n) is 3.05. The van der Waals surface area contributed by atoms with Crippen LogP contribution in [0.1, 0.15) is 37.6 Å². The van der Waals surface area contributed by atoms with E-state index in [1.807, 2.05) is 0 Å². The minimum Gasteiger partial charge on any atom is -0.487 e. The number of nitrogen functional groups attached to an aromatic ring is 1. The first-order valence-electron chi connectivity index (χ1n) is 6.66.